The highest BCUT2D eigenvalue weighted by Gasteiger charge is 2.11. The summed E-state index contributed by atoms with van der Waals surface area (Å²) in [6, 6.07) is 6.27. The highest BCUT2D eigenvalue weighted by atomic mass is 16.4. The van der Waals surface area contributed by atoms with Crippen molar-refractivity contribution in [2.45, 2.75) is 6.92 Å². The van der Waals surface area contributed by atoms with Crippen LogP contribution in [0.1, 0.15) is 27.8 Å². The van der Waals surface area contributed by atoms with E-state index < -0.39 is 5.76 Å². The van der Waals surface area contributed by atoms with Gasteiger partial charge in [-0.15, -0.1) is 0 Å². The molecule has 0 radical (unpaired) electrons. The van der Waals surface area contributed by atoms with Crippen molar-refractivity contribution in [2.24, 2.45) is 0 Å². The lowest BCUT2D eigenvalue weighted by atomic mass is 10.2. The maximum absolute atomic E-state index is 12.0. The summed E-state index contributed by atoms with van der Waals surface area (Å²) in [5.41, 5.74) is 2.13. The van der Waals surface area contributed by atoms with Gasteiger partial charge in [-0.25, -0.2) is 4.79 Å². The maximum atomic E-state index is 12.0. The van der Waals surface area contributed by atoms with E-state index in [9.17, 15) is 14.4 Å². The largest absolute Gasteiger partial charge is 0.417 e. The van der Waals surface area contributed by atoms with Crippen molar-refractivity contribution < 1.29 is 14.0 Å². The molecule has 3 N–H and O–H groups in total. The van der Waals surface area contributed by atoms with Crippen molar-refractivity contribution in [2.75, 3.05) is 5.32 Å². The number of carbonyl (C=O) groups is 2. The number of hydrogen-bond acceptors (Lipinski definition) is 4. The number of nitrogens with one attached hydrogen (secondary N) is 3. The van der Waals surface area contributed by atoms with E-state index in [0.717, 1.165) is 0 Å². The van der Waals surface area contributed by atoms with Gasteiger partial charge in [-0.05, 0) is 31.2 Å². The van der Waals surface area contributed by atoms with Crippen LogP contribution in [-0.2, 0) is 0 Å². The predicted molar refractivity (Wildman–Crippen MR) is 75.6 cm³/mol. The fourth-order valence-corrected chi connectivity index (χ4v) is 1.96. The quantitative estimate of drug-likeness (QED) is 0.638. The Hall–Kier alpha value is -3.09. The Morgan fingerprint density at radius 3 is 2.76 bits per heavy atom. The van der Waals surface area contributed by atoms with Gasteiger partial charge in [-0.3, -0.25) is 14.6 Å². The van der Waals surface area contributed by atoms with Gasteiger partial charge < -0.3 is 14.7 Å². The topological polar surface area (TPSA) is 108 Å². The molecule has 0 saturated heterocycles. The molecule has 21 heavy (non-hydrogen) atoms. The molecule has 0 aliphatic heterocycles. The summed E-state index contributed by atoms with van der Waals surface area (Å²) >= 11 is 0. The number of fused-ring (bicyclic) bond motifs is 1. The van der Waals surface area contributed by atoms with Gasteiger partial charge in [0.2, 0.25) is 0 Å². The third-order valence-corrected chi connectivity index (χ3v) is 3.01. The van der Waals surface area contributed by atoms with Gasteiger partial charge in [-0.2, -0.15) is 0 Å². The maximum Gasteiger partial charge on any atom is 0.417 e. The minimum absolute atomic E-state index is 0.123. The average molecular weight is 285 g/mol. The number of carbonyl (C=O) groups excluding carboxylic acids is 2. The molecule has 0 unspecified atom stereocenters. The van der Waals surface area contributed by atoms with Gasteiger partial charge in [0.15, 0.2) is 11.4 Å². The van der Waals surface area contributed by atoms with E-state index in [4.69, 9.17) is 4.42 Å². The highest BCUT2D eigenvalue weighted by molar-refractivity contribution is 6.05. The van der Waals surface area contributed by atoms with Crippen molar-refractivity contribution in [3.63, 3.8) is 0 Å². The van der Waals surface area contributed by atoms with Gasteiger partial charge >= 0.3 is 5.76 Å². The molecule has 1 aromatic carbocycles. The molecule has 3 rings (SSSR count). The number of rotatable bonds is 3. The Bertz CT molecular complexity index is 900. The molecule has 0 atom stereocenters. The highest BCUT2D eigenvalue weighted by Crippen LogP contribution is 2.17. The van der Waals surface area contributed by atoms with Crippen molar-refractivity contribution in [1.82, 2.24) is 9.97 Å². The van der Waals surface area contributed by atoms with Gasteiger partial charge in [0.05, 0.1) is 5.52 Å². The summed E-state index contributed by atoms with van der Waals surface area (Å²) in [6.45, 7) is 1.42. The number of H-pyrrole nitrogens is 2. The van der Waals surface area contributed by atoms with Crippen LogP contribution in [0.25, 0.3) is 11.1 Å². The first-order chi connectivity index (χ1) is 10.0. The summed E-state index contributed by atoms with van der Waals surface area (Å²) in [5, 5.41) is 2.67. The summed E-state index contributed by atoms with van der Waals surface area (Å²) in [4.78, 5) is 39.5. The summed E-state index contributed by atoms with van der Waals surface area (Å²) in [6.07, 6.45) is 1.48. The Kier molecular flexibility index (Phi) is 2.94. The van der Waals surface area contributed by atoms with Gasteiger partial charge in [0, 0.05) is 17.4 Å². The molecule has 0 aliphatic rings. The smallest absolute Gasteiger partial charge is 0.408 e. The Morgan fingerprint density at radius 1 is 1.24 bits per heavy atom. The van der Waals surface area contributed by atoms with Crippen LogP contribution in [-0.4, -0.2) is 21.7 Å². The van der Waals surface area contributed by atoms with Crippen LogP contribution in [0.15, 0.2) is 39.7 Å². The first-order valence-corrected chi connectivity index (χ1v) is 6.16. The van der Waals surface area contributed by atoms with Gasteiger partial charge in [-0.1, -0.05) is 0 Å². The van der Waals surface area contributed by atoms with Crippen molar-refractivity contribution in [1.29, 1.82) is 0 Å². The van der Waals surface area contributed by atoms with Gasteiger partial charge in [0.1, 0.15) is 5.69 Å². The summed E-state index contributed by atoms with van der Waals surface area (Å²) < 4.78 is 4.87. The summed E-state index contributed by atoms with van der Waals surface area (Å²) in [5.74, 6) is -1.06. The minimum atomic E-state index is -0.552. The molecule has 0 bridgehead atoms. The number of benzene rings is 1. The van der Waals surface area contributed by atoms with Crippen LogP contribution < -0.4 is 11.1 Å². The lowest BCUT2D eigenvalue weighted by Gasteiger charge is -2.03. The fourth-order valence-electron chi connectivity index (χ4n) is 1.96. The van der Waals surface area contributed by atoms with Crippen LogP contribution in [0.4, 0.5) is 5.69 Å². The van der Waals surface area contributed by atoms with E-state index >= 15 is 0 Å². The van der Waals surface area contributed by atoms with Gasteiger partial charge in [0.25, 0.3) is 5.91 Å². The number of aromatic nitrogens is 2. The lowest BCUT2D eigenvalue weighted by molar-refractivity contribution is 0.101. The van der Waals surface area contributed by atoms with Crippen LogP contribution in [0.5, 0.6) is 0 Å². The lowest BCUT2D eigenvalue weighted by Crippen LogP contribution is -2.12. The molecular weight excluding hydrogens is 274 g/mol. The third-order valence-electron chi connectivity index (χ3n) is 3.01. The molecule has 106 valence electrons. The second-order valence-electron chi connectivity index (χ2n) is 4.54. The molecule has 2 aromatic heterocycles. The van der Waals surface area contributed by atoms with Crippen LogP contribution in [0.2, 0.25) is 0 Å². The standard InChI is InChI=1S/C14H11N3O4/c1-7(18)8-4-11(15-6-8)13(19)16-9-2-3-12-10(5-9)17-14(20)21-12/h2-6,15H,1H3,(H,16,19)(H,17,20). The van der Waals surface area contributed by atoms with E-state index in [0.29, 0.717) is 22.4 Å². The molecular formula is C14H11N3O4. The second kappa shape index (κ2) is 4.78. The zero-order valence-corrected chi connectivity index (χ0v) is 11.0. The third kappa shape index (κ3) is 2.48. The summed E-state index contributed by atoms with van der Waals surface area (Å²) in [7, 11) is 0. The Balaban J connectivity index is 1.84. The van der Waals surface area contributed by atoms with E-state index in [2.05, 4.69) is 15.3 Å². The van der Waals surface area contributed by atoms with E-state index in [1.54, 1.807) is 18.2 Å². The number of oxazole rings is 1. The number of amides is 1. The minimum Gasteiger partial charge on any atom is -0.408 e. The number of Topliss-reactive ketones (excluding diaryl/α,β-unsaturated/α-hetero) is 1. The number of aromatic amines is 2. The van der Waals surface area contributed by atoms with E-state index in [1.807, 2.05) is 0 Å². The first kappa shape index (κ1) is 12.9. The van der Waals surface area contributed by atoms with Crippen LogP contribution in [0, 0.1) is 0 Å². The molecule has 0 spiro atoms. The van der Waals surface area contributed by atoms with Crippen molar-refractivity contribution >= 4 is 28.5 Å². The first-order valence-electron chi connectivity index (χ1n) is 6.16. The zero-order valence-electron chi connectivity index (χ0n) is 11.0. The monoisotopic (exact) mass is 285 g/mol. The Morgan fingerprint density at radius 2 is 2.05 bits per heavy atom. The molecule has 0 saturated carbocycles. The second-order valence-corrected chi connectivity index (χ2v) is 4.54. The van der Waals surface area contributed by atoms with E-state index in [-0.39, 0.29) is 17.4 Å². The van der Waals surface area contributed by atoms with Crippen LogP contribution in [0.3, 0.4) is 0 Å². The normalized spacial score (nSPS) is 10.7. The number of anilines is 1. The SMILES string of the molecule is CC(=O)c1c[nH]c(C(=O)Nc2ccc3oc(=O)[nH]c3c2)c1. The van der Waals surface area contributed by atoms with Crippen molar-refractivity contribution in [3.05, 3.63) is 52.3 Å². The molecule has 7 heteroatoms. The molecule has 0 fully saturated rings. The Labute approximate surface area is 118 Å². The number of hydrogen-bond donors (Lipinski definition) is 3. The van der Waals surface area contributed by atoms with E-state index in [1.165, 1.54) is 19.2 Å². The fraction of sp³-hybridized carbons (Fsp3) is 0.0714. The van der Waals surface area contributed by atoms with Crippen molar-refractivity contribution in [3.8, 4) is 0 Å². The number of ketones is 1. The average Bonchev–Trinajstić information content (AvgIpc) is 3.03. The molecule has 3 aromatic rings. The molecule has 7 nitrogen and oxygen atoms in total. The molecule has 1 amide bonds. The molecule has 0 aliphatic carbocycles. The zero-order chi connectivity index (χ0) is 15.0. The predicted octanol–water partition coefficient (Wildman–Crippen LogP) is 1.90. The molecule has 2 heterocycles. The van der Waals surface area contributed by atoms with Crippen LogP contribution >= 0.6 is 0 Å².